The molecule has 20 heavy (non-hydrogen) atoms. The van der Waals surface area contributed by atoms with Crippen molar-refractivity contribution in [1.82, 2.24) is 5.32 Å². The predicted octanol–water partition coefficient (Wildman–Crippen LogP) is 2.67. The molecule has 0 aliphatic carbocycles. The number of hydrogen-bond donors (Lipinski definition) is 1. The monoisotopic (exact) mass is 288 g/mol. The van der Waals surface area contributed by atoms with Gasteiger partial charge < -0.3 is 15.0 Å². The summed E-state index contributed by atoms with van der Waals surface area (Å²) < 4.78 is 41.6. The lowest BCUT2D eigenvalue weighted by atomic mass is 10.1. The van der Waals surface area contributed by atoms with E-state index in [0.717, 1.165) is 30.9 Å². The number of ether oxygens (including phenoxy) is 1. The SMILES string of the molecule is COc1ccccc1N1CCC(CNCC(F)(F)F)C1. The van der Waals surface area contributed by atoms with E-state index in [-0.39, 0.29) is 5.92 Å². The van der Waals surface area contributed by atoms with E-state index in [0.29, 0.717) is 6.54 Å². The number of rotatable bonds is 5. The van der Waals surface area contributed by atoms with Crippen molar-refractivity contribution in [2.24, 2.45) is 5.92 Å². The van der Waals surface area contributed by atoms with E-state index in [1.54, 1.807) is 7.11 Å². The molecule has 1 aliphatic rings. The van der Waals surface area contributed by atoms with Crippen molar-refractivity contribution in [1.29, 1.82) is 0 Å². The van der Waals surface area contributed by atoms with Gasteiger partial charge in [-0.1, -0.05) is 12.1 Å². The Hall–Kier alpha value is -1.43. The summed E-state index contributed by atoms with van der Waals surface area (Å²) in [5.74, 6) is 1.04. The number of para-hydroxylation sites is 2. The third kappa shape index (κ3) is 4.03. The standard InChI is InChI=1S/C14H19F3N2O/c1-20-13-5-3-2-4-12(13)19-7-6-11(9-19)8-18-10-14(15,16)17/h2-5,11,18H,6-10H2,1H3. The van der Waals surface area contributed by atoms with Crippen LogP contribution >= 0.6 is 0 Å². The zero-order valence-electron chi connectivity index (χ0n) is 11.4. The molecule has 112 valence electrons. The highest BCUT2D eigenvalue weighted by molar-refractivity contribution is 5.58. The van der Waals surface area contributed by atoms with Gasteiger partial charge in [-0.25, -0.2) is 0 Å². The number of nitrogens with one attached hydrogen (secondary N) is 1. The van der Waals surface area contributed by atoms with E-state index < -0.39 is 12.7 Å². The molecule has 0 bridgehead atoms. The Morgan fingerprint density at radius 2 is 2.10 bits per heavy atom. The first-order chi connectivity index (χ1) is 9.49. The van der Waals surface area contributed by atoms with E-state index in [2.05, 4.69) is 10.2 Å². The number of hydrogen-bond acceptors (Lipinski definition) is 3. The number of nitrogens with zero attached hydrogens (tertiary/aromatic N) is 1. The van der Waals surface area contributed by atoms with Crippen LogP contribution in [-0.4, -0.2) is 39.5 Å². The fourth-order valence-corrected chi connectivity index (χ4v) is 2.53. The van der Waals surface area contributed by atoms with Gasteiger partial charge in [0.2, 0.25) is 0 Å². The molecule has 0 amide bonds. The van der Waals surface area contributed by atoms with E-state index in [4.69, 9.17) is 4.74 Å². The van der Waals surface area contributed by atoms with E-state index in [1.807, 2.05) is 24.3 Å². The molecule has 0 saturated carbocycles. The van der Waals surface area contributed by atoms with Crippen LogP contribution in [0.15, 0.2) is 24.3 Å². The van der Waals surface area contributed by atoms with E-state index in [9.17, 15) is 13.2 Å². The minimum atomic E-state index is -4.14. The lowest BCUT2D eigenvalue weighted by Gasteiger charge is -2.21. The molecule has 2 rings (SSSR count). The molecule has 0 radical (unpaired) electrons. The summed E-state index contributed by atoms with van der Waals surface area (Å²) in [6, 6.07) is 7.71. The lowest BCUT2D eigenvalue weighted by molar-refractivity contribution is -0.125. The molecule has 1 aliphatic heterocycles. The minimum Gasteiger partial charge on any atom is -0.495 e. The topological polar surface area (TPSA) is 24.5 Å². The number of anilines is 1. The molecule has 6 heteroatoms. The van der Waals surface area contributed by atoms with Gasteiger partial charge in [-0.05, 0) is 24.5 Å². The Kier molecular flexibility index (Phi) is 4.75. The zero-order valence-corrected chi connectivity index (χ0v) is 11.4. The summed E-state index contributed by atoms with van der Waals surface area (Å²) in [5, 5.41) is 2.48. The Bertz CT molecular complexity index is 437. The average molecular weight is 288 g/mol. The molecule has 0 aromatic heterocycles. The van der Waals surface area contributed by atoms with Crippen molar-refractivity contribution >= 4 is 5.69 Å². The summed E-state index contributed by atoms with van der Waals surface area (Å²) in [5.41, 5.74) is 1.01. The molecule has 1 unspecified atom stereocenters. The highest BCUT2D eigenvalue weighted by Gasteiger charge is 2.28. The van der Waals surface area contributed by atoms with Crippen LogP contribution in [0.1, 0.15) is 6.42 Å². The van der Waals surface area contributed by atoms with Gasteiger partial charge in [-0.2, -0.15) is 13.2 Å². The Labute approximate surface area is 116 Å². The van der Waals surface area contributed by atoms with Crippen LogP contribution in [0.25, 0.3) is 0 Å². The van der Waals surface area contributed by atoms with Crippen LogP contribution in [0.2, 0.25) is 0 Å². The van der Waals surface area contributed by atoms with Crippen molar-refractivity contribution in [2.45, 2.75) is 12.6 Å². The summed E-state index contributed by atoms with van der Waals surface area (Å²) in [7, 11) is 1.62. The highest BCUT2D eigenvalue weighted by atomic mass is 19.4. The van der Waals surface area contributed by atoms with Crippen molar-refractivity contribution in [3.63, 3.8) is 0 Å². The van der Waals surface area contributed by atoms with Gasteiger partial charge in [0.05, 0.1) is 19.3 Å². The number of halogens is 3. The lowest BCUT2D eigenvalue weighted by Crippen LogP contribution is -2.33. The van der Waals surface area contributed by atoms with Gasteiger partial charge in [0.15, 0.2) is 0 Å². The second-order valence-corrected chi connectivity index (χ2v) is 5.02. The summed E-state index contributed by atoms with van der Waals surface area (Å²) >= 11 is 0. The van der Waals surface area contributed by atoms with Crippen molar-refractivity contribution < 1.29 is 17.9 Å². The molecular weight excluding hydrogens is 269 g/mol. The smallest absolute Gasteiger partial charge is 0.401 e. The van der Waals surface area contributed by atoms with Crippen molar-refractivity contribution in [2.75, 3.05) is 38.2 Å². The fourth-order valence-electron chi connectivity index (χ4n) is 2.53. The van der Waals surface area contributed by atoms with Gasteiger partial charge in [-0.3, -0.25) is 0 Å². The first kappa shape index (κ1) is 15.0. The summed E-state index contributed by atoms with van der Waals surface area (Å²) in [6.45, 7) is 1.08. The third-order valence-electron chi connectivity index (χ3n) is 3.47. The zero-order chi connectivity index (χ0) is 14.6. The molecule has 1 aromatic rings. The van der Waals surface area contributed by atoms with Crippen LogP contribution < -0.4 is 15.0 Å². The second-order valence-electron chi connectivity index (χ2n) is 5.02. The number of alkyl halides is 3. The van der Waals surface area contributed by atoms with Gasteiger partial charge in [0.1, 0.15) is 5.75 Å². The van der Waals surface area contributed by atoms with Gasteiger partial charge >= 0.3 is 6.18 Å². The number of benzene rings is 1. The van der Waals surface area contributed by atoms with Crippen molar-refractivity contribution in [3.05, 3.63) is 24.3 Å². The maximum absolute atomic E-state index is 12.1. The molecule has 1 heterocycles. The third-order valence-corrected chi connectivity index (χ3v) is 3.47. The van der Waals surface area contributed by atoms with E-state index >= 15 is 0 Å². The molecular formula is C14H19F3N2O. The first-order valence-corrected chi connectivity index (χ1v) is 6.65. The highest BCUT2D eigenvalue weighted by Crippen LogP contribution is 2.31. The van der Waals surface area contributed by atoms with Crippen LogP contribution in [0, 0.1) is 5.92 Å². The van der Waals surface area contributed by atoms with Crippen LogP contribution in [0.4, 0.5) is 18.9 Å². The maximum atomic E-state index is 12.1. The average Bonchev–Trinajstić information content (AvgIpc) is 2.86. The molecule has 3 nitrogen and oxygen atoms in total. The normalized spacial score (nSPS) is 19.4. The van der Waals surface area contributed by atoms with Gasteiger partial charge in [-0.15, -0.1) is 0 Å². The Balaban J connectivity index is 1.86. The molecule has 0 spiro atoms. The van der Waals surface area contributed by atoms with Gasteiger partial charge in [0.25, 0.3) is 0 Å². The Morgan fingerprint density at radius 3 is 2.80 bits per heavy atom. The number of methoxy groups -OCH3 is 1. The van der Waals surface area contributed by atoms with E-state index in [1.165, 1.54) is 0 Å². The first-order valence-electron chi connectivity index (χ1n) is 6.65. The molecule has 1 fully saturated rings. The largest absolute Gasteiger partial charge is 0.495 e. The maximum Gasteiger partial charge on any atom is 0.401 e. The van der Waals surface area contributed by atoms with Crippen LogP contribution in [0.3, 0.4) is 0 Å². The molecule has 1 atom stereocenters. The minimum absolute atomic E-state index is 0.238. The molecule has 1 aromatic carbocycles. The summed E-state index contributed by atoms with van der Waals surface area (Å²) in [6.07, 6.45) is -3.25. The molecule has 1 saturated heterocycles. The van der Waals surface area contributed by atoms with Crippen LogP contribution in [-0.2, 0) is 0 Å². The van der Waals surface area contributed by atoms with Crippen LogP contribution in [0.5, 0.6) is 5.75 Å². The second kappa shape index (κ2) is 6.35. The van der Waals surface area contributed by atoms with Gasteiger partial charge in [0, 0.05) is 19.6 Å². The quantitative estimate of drug-likeness (QED) is 0.901. The summed E-state index contributed by atoms with van der Waals surface area (Å²) in [4.78, 5) is 2.17. The Morgan fingerprint density at radius 1 is 1.35 bits per heavy atom. The fraction of sp³-hybridized carbons (Fsp3) is 0.571. The molecule has 1 N–H and O–H groups in total. The predicted molar refractivity (Wildman–Crippen MR) is 72.2 cm³/mol. The van der Waals surface area contributed by atoms with Crippen molar-refractivity contribution in [3.8, 4) is 5.75 Å².